The van der Waals surface area contributed by atoms with Crippen molar-refractivity contribution in [3.05, 3.63) is 47.5 Å². The third kappa shape index (κ3) is 2.55. The number of hydrogen-bond donors (Lipinski definition) is 1. The Balaban J connectivity index is 1.83. The summed E-state index contributed by atoms with van der Waals surface area (Å²) in [7, 11) is 0. The third-order valence-corrected chi connectivity index (χ3v) is 3.83. The van der Waals surface area contributed by atoms with Crippen molar-refractivity contribution in [1.82, 2.24) is 10.2 Å². The van der Waals surface area contributed by atoms with Gasteiger partial charge in [0.25, 0.3) is 17.7 Å². The van der Waals surface area contributed by atoms with Crippen LogP contribution in [-0.2, 0) is 4.79 Å². The Bertz CT molecular complexity index is 813. The first kappa shape index (κ1) is 14.8. The minimum absolute atomic E-state index is 0.229. The van der Waals surface area contributed by atoms with Gasteiger partial charge in [0.05, 0.1) is 0 Å². The number of carbonyl (C=O) groups excluding carboxylic acids is 3. The molecular weight excluding hydrogens is 292 g/mol. The number of rotatable bonds is 4. The number of benzene rings is 2. The molecule has 5 heteroatoms. The van der Waals surface area contributed by atoms with Crippen LogP contribution in [-0.4, -0.2) is 35.7 Å². The number of hydrogen-bond acceptors (Lipinski definition) is 3. The summed E-state index contributed by atoms with van der Waals surface area (Å²) in [5, 5.41) is 4.10. The van der Waals surface area contributed by atoms with Gasteiger partial charge in [0, 0.05) is 29.6 Å². The Morgan fingerprint density at radius 3 is 2.26 bits per heavy atom. The predicted molar refractivity (Wildman–Crippen MR) is 85.8 cm³/mol. The van der Waals surface area contributed by atoms with Crippen LogP contribution in [0.4, 0.5) is 0 Å². The summed E-state index contributed by atoms with van der Waals surface area (Å²) in [5.74, 6) is 0.840. The lowest BCUT2D eigenvalue weighted by Crippen LogP contribution is -2.41. The predicted octanol–water partition coefficient (Wildman–Crippen LogP) is 1.58. The number of nitrogens with one attached hydrogen (secondary N) is 1. The summed E-state index contributed by atoms with van der Waals surface area (Å²) in [4.78, 5) is 37.4. The van der Waals surface area contributed by atoms with Crippen LogP contribution in [0.25, 0.3) is 10.8 Å². The maximum absolute atomic E-state index is 12.6. The molecule has 23 heavy (non-hydrogen) atoms. The Morgan fingerprint density at radius 1 is 1.09 bits per heavy atom. The van der Waals surface area contributed by atoms with Crippen molar-refractivity contribution in [3.63, 3.8) is 0 Å². The van der Waals surface area contributed by atoms with E-state index in [1.807, 2.05) is 18.1 Å². The maximum atomic E-state index is 12.6. The summed E-state index contributed by atoms with van der Waals surface area (Å²) in [5.41, 5.74) is 1.07. The first-order chi connectivity index (χ1) is 11.1. The molecule has 1 aliphatic rings. The molecule has 3 rings (SSSR count). The van der Waals surface area contributed by atoms with Gasteiger partial charge in [-0.15, -0.1) is 6.42 Å². The largest absolute Gasteiger partial charge is 0.345 e. The fourth-order valence-corrected chi connectivity index (χ4v) is 2.77. The average Bonchev–Trinajstić information content (AvgIpc) is 2.58. The second-order valence-corrected chi connectivity index (χ2v) is 5.22. The Hall–Kier alpha value is -3.13. The smallest absolute Gasteiger partial charge is 0.295 e. The number of carbonyl (C=O) groups is 3. The topological polar surface area (TPSA) is 66.5 Å². The Morgan fingerprint density at radius 2 is 1.70 bits per heavy atom. The van der Waals surface area contributed by atoms with Gasteiger partial charge in [0.1, 0.15) is 0 Å². The van der Waals surface area contributed by atoms with Gasteiger partial charge in [0.15, 0.2) is 0 Å². The van der Waals surface area contributed by atoms with Crippen molar-refractivity contribution in [3.8, 4) is 12.3 Å². The molecule has 0 bridgehead atoms. The van der Waals surface area contributed by atoms with Crippen LogP contribution in [0.2, 0.25) is 0 Å². The first-order valence-electron chi connectivity index (χ1n) is 7.26. The van der Waals surface area contributed by atoms with E-state index < -0.39 is 5.91 Å². The highest BCUT2D eigenvalue weighted by Gasteiger charge is 2.31. The molecule has 0 spiro atoms. The van der Waals surface area contributed by atoms with E-state index in [2.05, 4.69) is 5.32 Å². The molecule has 3 amide bonds. The number of nitrogens with zero attached hydrogens (tertiary/aromatic N) is 1. The normalized spacial score (nSPS) is 13.1. The van der Waals surface area contributed by atoms with Crippen molar-refractivity contribution < 1.29 is 14.4 Å². The summed E-state index contributed by atoms with van der Waals surface area (Å²) >= 11 is 0. The molecule has 0 radical (unpaired) electrons. The molecule has 0 unspecified atom stereocenters. The molecule has 2 aromatic rings. The second-order valence-electron chi connectivity index (χ2n) is 5.22. The maximum Gasteiger partial charge on any atom is 0.295 e. The van der Waals surface area contributed by atoms with Crippen LogP contribution in [0.15, 0.2) is 36.4 Å². The highest BCUT2D eigenvalue weighted by atomic mass is 16.2. The monoisotopic (exact) mass is 306 g/mol. The van der Waals surface area contributed by atoms with Gasteiger partial charge < -0.3 is 5.32 Å². The highest BCUT2D eigenvalue weighted by molar-refractivity contribution is 6.25. The molecule has 0 saturated carbocycles. The number of amides is 3. The van der Waals surface area contributed by atoms with Crippen LogP contribution in [0.5, 0.6) is 0 Å². The van der Waals surface area contributed by atoms with E-state index in [9.17, 15) is 14.4 Å². The lowest BCUT2D eigenvalue weighted by atomic mass is 9.94. The van der Waals surface area contributed by atoms with Gasteiger partial charge in [-0.3, -0.25) is 19.3 Å². The van der Waals surface area contributed by atoms with E-state index in [4.69, 9.17) is 6.42 Å². The van der Waals surface area contributed by atoms with Crippen molar-refractivity contribution in [2.24, 2.45) is 0 Å². The van der Waals surface area contributed by atoms with Crippen molar-refractivity contribution in [2.75, 3.05) is 13.1 Å². The minimum Gasteiger partial charge on any atom is -0.345 e. The quantitative estimate of drug-likeness (QED) is 0.530. The summed E-state index contributed by atoms with van der Waals surface area (Å²) < 4.78 is 0. The standard InChI is InChI=1S/C18H14N2O3/c1-2-15(21)19-10-5-11-20-17(22)13-8-3-6-12-7-4-9-14(16(12)13)18(20)23/h1,3-4,6-9H,5,10-11H2,(H,19,21). The minimum atomic E-state index is -0.503. The lowest BCUT2D eigenvalue weighted by molar-refractivity contribution is -0.115. The summed E-state index contributed by atoms with van der Waals surface area (Å²) in [6, 6.07) is 10.8. The zero-order chi connectivity index (χ0) is 16.4. The van der Waals surface area contributed by atoms with Crippen LogP contribution in [0.1, 0.15) is 27.1 Å². The SMILES string of the molecule is C#CC(=O)NCCCN1C(=O)c2cccc3cccc(c23)C1=O. The van der Waals surface area contributed by atoms with E-state index in [1.165, 1.54) is 4.90 Å². The Kier molecular flexibility index (Phi) is 3.82. The fraction of sp³-hybridized carbons (Fsp3) is 0.167. The fourth-order valence-electron chi connectivity index (χ4n) is 2.77. The zero-order valence-electron chi connectivity index (χ0n) is 12.3. The van der Waals surface area contributed by atoms with Crippen LogP contribution in [0.3, 0.4) is 0 Å². The molecule has 0 aliphatic carbocycles. The second kappa shape index (κ2) is 5.93. The van der Waals surface area contributed by atoms with Gasteiger partial charge >= 0.3 is 0 Å². The first-order valence-corrected chi connectivity index (χ1v) is 7.26. The van der Waals surface area contributed by atoms with E-state index in [1.54, 1.807) is 24.3 Å². The number of terminal acetylenes is 1. The molecule has 1 heterocycles. The molecular formula is C18H14N2O3. The third-order valence-electron chi connectivity index (χ3n) is 3.83. The van der Waals surface area contributed by atoms with E-state index in [-0.39, 0.29) is 18.4 Å². The van der Waals surface area contributed by atoms with Crippen molar-refractivity contribution >= 4 is 28.5 Å². The molecule has 5 nitrogen and oxygen atoms in total. The molecule has 0 atom stereocenters. The molecule has 0 aromatic heterocycles. The van der Waals surface area contributed by atoms with Crippen molar-refractivity contribution in [1.29, 1.82) is 0 Å². The molecule has 0 saturated heterocycles. The molecule has 0 fully saturated rings. The van der Waals surface area contributed by atoms with Gasteiger partial charge in [-0.25, -0.2) is 0 Å². The molecule has 2 aromatic carbocycles. The summed E-state index contributed by atoms with van der Waals surface area (Å²) in [6.07, 6.45) is 5.40. The van der Waals surface area contributed by atoms with Gasteiger partial charge in [-0.1, -0.05) is 24.3 Å². The highest BCUT2D eigenvalue weighted by Crippen LogP contribution is 2.29. The number of imide groups is 1. The molecule has 114 valence electrons. The van der Waals surface area contributed by atoms with E-state index in [0.717, 1.165) is 5.39 Å². The van der Waals surface area contributed by atoms with Crippen LogP contribution >= 0.6 is 0 Å². The van der Waals surface area contributed by atoms with Gasteiger partial charge in [-0.05, 0) is 29.9 Å². The van der Waals surface area contributed by atoms with Gasteiger partial charge in [0.2, 0.25) is 0 Å². The van der Waals surface area contributed by atoms with Crippen LogP contribution in [0, 0.1) is 12.3 Å². The van der Waals surface area contributed by atoms with Gasteiger partial charge in [-0.2, -0.15) is 0 Å². The average molecular weight is 306 g/mol. The molecule has 1 N–H and O–H groups in total. The summed E-state index contributed by atoms with van der Waals surface area (Å²) in [6.45, 7) is 0.541. The Labute approximate surface area is 133 Å². The van der Waals surface area contributed by atoms with Crippen molar-refractivity contribution in [2.45, 2.75) is 6.42 Å². The zero-order valence-corrected chi connectivity index (χ0v) is 12.3. The van der Waals surface area contributed by atoms with Crippen LogP contribution < -0.4 is 5.32 Å². The lowest BCUT2D eigenvalue weighted by Gasteiger charge is -2.27. The molecule has 1 aliphatic heterocycles. The van der Waals surface area contributed by atoms with E-state index >= 15 is 0 Å². The van der Waals surface area contributed by atoms with E-state index in [0.29, 0.717) is 29.5 Å².